The fourth-order valence-electron chi connectivity index (χ4n) is 0.762. The highest BCUT2D eigenvalue weighted by Crippen LogP contribution is 2.01. The topological polar surface area (TPSA) is 12.0 Å². The van der Waals surface area contributed by atoms with Gasteiger partial charge in [-0.25, -0.2) is 0 Å². The Morgan fingerprint density at radius 1 is 1.55 bits per heavy atom. The molecule has 0 unspecified atom stereocenters. The van der Waals surface area contributed by atoms with Gasteiger partial charge in [0.25, 0.3) is 0 Å². The van der Waals surface area contributed by atoms with Crippen LogP contribution in [0.2, 0.25) is 0 Å². The van der Waals surface area contributed by atoms with Crippen LogP contribution in [-0.4, -0.2) is 13.6 Å². The zero-order chi connectivity index (χ0) is 8.69. The van der Waals surface area contributed by atoms with E-state index in [4.69, 9.17) is 0 Å². The molecule has 0 aliphatic rings. The van der Waals surface area contributed by atoms with E-state index in [1.165, 1.54) is 11.1 Å². The van der Waals surface area contributed by atoms with Crippen molar-refractivity contribution >= 4 is 0 Å². The van der Waals surface area contributed by atoms with Gasteiger partial charge in [0.15, 0.2) is 0 Å². The molecule has 0 aromatic heterocycles. The molecule has 0 bridgehead atoms. The second kappa shape index (κ2) is 5.93. The van der Waals surface area contributed by atoms with Crippen LogP contribution >= 0.6 is 0 Å². The van der Waals surface area contributed by atoms with E-state index < -0.39 is 0 Å². The lowest BCUT2D eigenvalue weighted by atomic mass is 10.1. The maximum Gasteiger partial charge on any atom is 0.0202 e. The highest BCUT2D eigenvalue weighted by atomic mass is 14.8. The molecule has 62 valence electrons. The smallest absolute Gasteiger partial charge is 0.0202 e. The molecule has 11 heavy (non-hydrogen) atoms. The molecular formula is C10H17N. The molecule has 1 N–H and O–H groups in total. The van der Waals surface area contributed by atoms with Gasteiger partial charge in [-0.1, -0.05) is 30.4 Å². The molecule has 0 aromatic carbocycles. The molecule has 1 heteroatoms. The fourth-order valence-corrected chi connectivity index (χ4v) is 0.762. The minimum absolute atomic E-state index is 0.884. The molecule has 0 fully saturated rings. The van der Waals surface area contributed by atoms with E-state index >= 15 is 0 Å². The minimum Gasteiger partial charge on any atom is -0.316 e. The van der Waals surface area contributed by atoms with Gasteiger partial charge in [0.1, 0.15) is 0 Å². The predicted octanol–water partition coefficient (Wildman–Crippen LogP) is 2.28. The number of nitrogens with one attached hydrogen (secondary N) is 1. The van der Waals surface area contributed by atoms with E-state index in [2.05, 4.69) is 31.0 Å². The summed E-state index contributed by atoms with van der Waals surface area (Å²) in [6.45, 7) is 8.73. The SMILES string of the molecule is C=C/C(=C\C(C)=C/C)CNC. The highest BCUT2D eigenvalue weighted by Gasteiger charge is 1.88. The largest absolute Gasteiger partial charge is 0.316 e. The van der Waals surface area contributed by atoms with Gasteiger partial charge < -0.3 is 5.32 Å². The summed E-state index contributed by atoms with van der Waals surface area (Å²) in [6.07, 6.45) is 6.09. The van der Waals surface area contributed by atoms with Crippen molar-refractivity contribution in [1.82, 2.24) is 5.32 Å². The van der Waals surface area contributed by atoms with E-state index in [0.717, 1.165) is 6.54 Å². The molecule has 0 spiro atoms. The molecule has 0 rings (SSSR count). The van der Waals surface area contributed by atoms with Crippen molar-refractivity contribution < 1.29 is 0 Å². The summed E-state index contributed by atoms with van der Waals surface area (Å²) in [7, 11) is 1.93. The first-order valence-electron chi connectivity index (χ1n) is 3.85. The Balaban J connectivity index is 4.22. The Morgan fingerprint density at radius 2 is 2.18 bits per heavy atom. The van der Waals surface area contributed by atoms with E-state index in [1.54, 1.807) is 0 Å². The standard InChI is InChI=1S/C10H17N/c1-5-9(3)7-10(6-2)8-11-4/h5-7,11H,2,8H2,1,3-4H3/b9-5-,10-7+. The summed E-state index contributed by atoms with van der Waals surface area (Å²) in [5, 5.41) is 3.08. The van der Waals surface area contributed by atoms with Crippen molar-refractivity contribution in [2.24, 2.45) is 0 Å². The summed E-state index contributed by atoms with van der Waals surface area (Å²) in [4.78, 5) is 0. The minimum atomic E-state index is 0.884. The van der Waals surface area contributed by atoms with Crippen molar-refractivity contribution in [2.45, 2.75) is 13.8 Å². The highest BCUT2D eigenvalue weighted by molar-refractivity contribution is 5.28. The van der Waals surface area contributed by atoms with Crippen LogP contribution in [0.5, 0.6) is 0 Å². The zero-order valence-corrected chi connectivity index (χ0v) is 7.65. The van der Waals surface area contributed by atoms with Gasteiger partial charge in [0, 0.05) is 6.54 Å². The van der Waals surface area contributed by atoms with Crippen LogP contribution in [0.4, 0.5) is 0 Å². The third-order valence-corrected chi connectivity index (χ3v) is 1.51. The van der Waals surface area contributed by atoms with Crippen LogP contribution in [0.15, 0.2) is 36.0 Å². The summed E-state index contributed by atoms with van der Waals surface area (Å²) in [6, 6.07) is 0. The van der Waals surface area contributed by atoms with E-state index in [1.807, 2.05) is 20.0 Å². The average molecular weight is 151 g/mol. The third-order valence-electron chi connectivity index (χ3n) is 1.51. The lowest BCUT2D eigenvalue weighted by Crippen LogP contribution is -2.09. The zero-order valence-electron chi connectivity index (χ0n) is 7.65. The lowest BCUT2D eigenvalue weighted by Gasteiger charge is -1.99. The number of allylic oxidation sites excluding steroid dienone is 3. The maximum atomic E-state index is 3.73. The summed E-state index contributed by atoms with van der Waals surface area (Å²) in [5.74, 6) is 0. The Hall–Kier alpha value is -0.820. The van der Waals surface area contributed by atoms with Crippen LogP contribution in [0.3, 0.4) is 0 Å². The number of likely N-dealkylation sites (N-methyl/N-ethyl adjacent to an activating group) is 1. The van der Waals surface area contributed by atoms with Crippen LogP contribution in [-0.2, 0) is 0 Å². The van der Waals surface area contributed by atoms with Crippen LogP contribution < -0.4 is 5.32 Å². The number of rotatable bonds is 4. The molecule has 0 aromatic rings. The van der Waals surface area contributed by atoms with E-state index in [0.29, 0.717) is 0 Å². The molecule has 0 amide bonds. The molecule has 0 saturated heterocycles. The third kappa shape index (κ3) is 4.57. The normalized spacial score (nSPS) is 13.4. The molecule has 0 saturated carbocycles. The predicted molar refractivity (Wildman–Crippen MR) is 51.6 cm³/mol. The maximum absolute atomic E-state index is 3.73. The second-order valence-electron chi connectivity index (χ2n) is 2.49. The molecule has 0 heterocycles. The van der Waals surface area contributed by atoms with Gasteiger partial charge >= 0.3 is 0 Å². The van der Waals surface area contributed by atoms with Crippen LogP contribution in [0, 0.1) is 0 Å². The Kier molecular flexibility index (Phi) is 5.49. The average Bonchev–Trinajstić information content (AvgIpc) is 2.03. The van der Waals surface area contributed by atoms with Gasteiger partial charge in [-0.3, -0.25) is 0 Å². The van der Waals surface area contributed by atoms with Crippen LogP contribution in [0.25, 0.3) is 0 Å². The first-order valence-corrected chi connectivity index (χ1v) is 3.85. The molecule has 0 aliphatic carbocycles. The quantitative estimate of drug-likeness (QED) is 0.608. The van der Waals surface area contributed by atoms with Gasteiger partial charge in [-0.15, -0.1) is 0 Å². The van der Waals surface area contributed by atoms with Gasteiger partial charge in [0.2, 0.25) is 0 Å². The van der Waals surface area contributed by atoms with Crippen molar-refractivity contribution in [3.63, 3.8) is 0 Å². The Bertz CT molecular complexity index is 175. The van der Waals surface area contributed by atoms with Gasteiger partial charge in [-0.2, -0.15) is 0 Å². The molecule has 0 atom stereocenters. The Labute approximate surface area is 69.5 Å². The lowest BCUT2D eigenvalue weighted by molar-refractivity contribution is 0.895. The summed E-state index contributed by atoms with van der Waals surface area (Å²) in [5.41, 5.74) is 2.50. The fraction of sp³-hybridized carbons (Fsp3) is 0.400. The Morgan fingerprint density at radius 3 is 2.55 bits per heavy atom. The van der Waals surface area contributed by atoms with Crippen molar-refractivity contribution in [3.05, 3.63) is 36.0 Å². The summed E-state index contributed by atoms with van der Waals surface area (Å²) >= 11 is 0. The number of hydrogen-bond donors (Lipinski definition) is 1. The van der Waals surface area contributed by atoms with Gasteiger partial charge in [-0.05, 0) is 26.5 Å². The summed E-state index contributed by atoms with van der Waals surface area (Å²) < 4.78 is 0. The molecular weight excluding hydrogens is 134 g/mol. The van der Waals surface area contributed by atoms with E-state index in [-0.39, 0.29) is 0 Å². The number of hydrogen-bond acceptors (Lipinski definition) is 1. The first-order chi connectivity index (χ1) is 5.24. The monoisotopic (exact) mass is 151 g/mol. The van der Waals surface area contributed by atoms with Crippen molar-refractivity contribution in [1.29, 1.82) is 0 Å². The molecule has 0 radical (unpaired) electrons. The van der Waals surface area contributed by atoms with Gasteiger partial charge in [0.05, 0.1) is 0 Å². The molecule has 0 aliphatic heterocycles. The van der Waals surface area contributed by atoms with Crippen molar-refractivity contribution in [3.8, 4) is 0 Å². The first kappa shape index (κ1) is 10.2. The van der Waals surface area contributed by atoms with Crippen LogP contribution in [0.1, 0.15) is 13.8 Å². The second-order valence-corrected chi connectivity index (χ2v) is 2.49. The van der Waals surface area contributed by atoms with Crippen molar-refractivity contribution in [2.75, 3.05) is 13.6 Å². The van der Waals surface area contributed by atoms with E-state index in [9.17, 15) is 0 Å². The molecule has 1 nitrogen and oxygen atoms in total.